The van der Waals surface area contributed by atoms with E-state index in [-0.39, 0.29) is 35.0 Å². The number of anilines is 1. The Morgan fingerprint density at radius 1 is 1.12 bits per heavy atom. The Morgan fingerprint density at radius 3 is 2.62 bits per heavy atom. The summed E-state index contributed by atoms with van der Waals surface area (Å²) in [5.74, 6) is -1.39. The number of H-pyrrole nitrogens is 1. The monoisotopic (exact) mass is 483 g/mol. The normalized spacial score (nSPS) is 19.4. The molecule has 178 valence electrons. The zero-order valence-electron chi connectivity index (χ0n) is 18.5. The minimum absolute atomic E-state index is 0.0298. The summed E-state index contributed by atoms with van der Waals surface area (Å²) >= 11 is 0. The van der Waals surface area contributed by atoms with Crippen molar-refractivity contribution < 1.29 is 27.9 Å². The van der Waals surface area contributed by atoms with Gasteiger partial charge < -0.3 is 15.4 Å². The van der Waals surface area contributed by atoms with Crippen molar-refractivity contribution in [3.8, 4) is 0 Å². The number of amides is 1. The summed E-state index contributed by atoms with van der Waals surface area (Å²) in [4.78, 5) is 40.0. The van der Waals surface area contributed by atoms with Crippen LogP contribution < -0.4 is 5.32 Å². The van der Waals surface area contributed by atoms with E-state index in [1.54, 1.807) is 12.1 Å². The molecule has 5 rings (SSSR count). The summed E-state index contributed by atoms with van der Waals surface area (Å²) in [7, 11) is -3.66. The molecule has 3 aliphatic rings. The largest absolute Gasteiger partial charge is 0.481 e. The molecule has 1 aromatic carbocycles. The topological polar surface area (TPSA) is 137 Å². The maximum atomic E-state index is 13.1. The number of fused-ring (bicyclic) bond motifs is 2. The van der Waals surface area contributed by atoms with Gasteiger partial charge in [0.1, 0.15) is 0 Å². The number of hydrogen-bond donors (Lipinski definition) is 3. The number of carbonyl (C=O) groups is 3. The number of Topliss-reactive ketones (excluding diaryl/α,β-unsaturated/α-hetero) is 1. The smallest absolute Gasteiger partial charge is 0.303 e. The predicted molar refractivity (Wildman–Crippen MR) is 125 cm³/mol. The number of aryl methyl sites for hydroxylation is 1. The molecule has 0 radical (unpaired) electrons. The molecule has 3 heterocycles. The summed E-state index contributed by atoms with van der Waals surface area (Å²) < 4.78 is 27.6. The Bertz CT molecular complexity index is 1350. The molecule has 2 aromatic rings. The van der Waals surface area contributed by atoms with Crippen molar-refractivity contribution in [1.82, 2.24) is 9.29 Å². The first-order valence-electron chi connectivity index (χ1n) is 11.4. The van der Waals surface area contributed by atoms with E-state index in [1.807, 2.05) is 0 Å². The fourth-order valence-corrected chi connectivity index (χ4v) is 6.54. The quantitative estimate of drug-likeness (QED) is 0.541. The number of ketones is 1. The average Bonchev–Trinajstić information content (AvgIpc) is 3.51. The van der Waals surface area contributed by atoms with Crippen LogP contribution in [0.4, 0.5) is 5.69 Å². The molecule has 0 spiro atoms. The zero-order valence-corrected chi connectivity index (χ0v) is 19.3. The second-order valence-electron chi connectivity index (χ2n) is 8.87. The predicted octanol–water partition coefficient (Wildman–Crippen LogP) is 2.83. The van der Waals surface area contributed by atoms with E-state index in [4.69, 9.17) is 0 Å². The zero-order chi connectivity index (χ0) is 24.0. The van der Waals surface area contributed by atoms with Crippen LogP contribution in [0.25, 0.3) is 11.6 Å². The van der Waals surface area contributed by atoms with Crippen molar-refractivity contribution in [2.45, 2.75) is 49.8 Å². The molecule has 0 atom stereocenters. The van der Waals surface area contributed by atoms with Crippen LogP contribution in [0.1, 0.15) is 65.0 Å². The number of nitrogens with one attached hydrogen (secondary N) is 2. The highest BCUT2D eigenvalue weighted by atomic mass is 32.2. The minimum atomic E-state index is -3.66. The lowest BCUT2D eigenvalue weighted by molar-refractivity contribution is -0.137. The molecule has 3 N–H and O–H groups in total. The number of aliphatic carboxylic acids is 1. The number of sulfonamides is 1. The summed E-state index contributed by atoms with van der Waals surface area (Å²) in [6.07, 6.45) is 5.05. The molecular weight excluding hydrogens is 458 g/mol. The fourth-order valence-electron chi connectivity index (χ4n) is 5.00. The number of rotatable bonds is 6. The molecule has 2 aliphatic heterocycles. The van der Waals surface area contributed by atoms with Crippen molar-refractivity contribution in [1.29, 1.82) is 0 Å². The molecule has 34 heavy (non-hydrogen) atoms. The van der Waals surface area contributed by atoms with Crippen LogP contribution in [-0.4, -0.2) is 53.6 Å². The number of carboxylic acids is 1. The van der Waals surface area contributed by atoms with Gasteiger partial charge in [-0.25, -0.2) is 8.42 Å². The van der Waals surface area contributed by atoms with Gasteiger partial charge in [0.05, 0.1) is 10.5 Å². The summed E-state index contributed by atoms with van der Waals surface area (Å²) in [5, 5.41) is 12.0. The maximum Gasteiger partial charge on any atom is 0.303 e. The number of carbonyl (C=O) groups excluding carboxylic acids is 2. The van der Waals surface area contributed by atoms with Gasteiger partial charge in [0, 0.05) is 54.1 Å². The van der Waals surface area contributed by atoms with Crippen LogP contribution >= 0.6 is 0 Å². The number of aromatic nitrogens is 1. The van der Waals surface area contributed by atoms with Crippen LogP contribution in [0.15, 0.2) is 23.1 Å². The highest BCUT2D eigenvalue weighted by molar-refractivity contribution is 7.89. The number of nitrogens with zero attached hydrogens (tertiary/aromatic N) is 1. The van der Waals surface area contributed by atoms with Gasteiger partial charge in [0.25, 0.3) is 5.91 Å². The van der Waals surface area contributed by atoms with E-state index < -0.39 is 16.0 Å². The van der Waals surface area contributed by atoms with Crippen LogP contribution in [0, 0.1) is 0 Å². The first kappa shape index (κ1) is 22.5. The van der Waals surface area contributed by atoms with Gasteiger partial charge >= 0.3 is 5.97 Å². The number of aromatic amines is 1. The minimum Gasteiger partial charge on any atom is -0.481 e. The molecule has 1 fully saturated rings. The molecule has 1 aromatic heterocycles. The molecule has 9 nitrogen and oxygen atoms in total. The van der Waals surface area contributed by atoms with Crippen LogP contribution in [0.2, 0.25) is 0 Å². The first-order chi connectivity index (χ1) is 16.3. The van der Waals surface area contributed by atoms with Crippen molar-refractivity contribution in [3.05, 3.63) is 46.3 Å². The highest BCUT2D eigenvalue weighted by Gasteiger charge is 2.32. The third kappa shape index (κ3) is 3.86. The maximum absolute atomic E-state index is 13.1. The Kier molecular flexibility index (Phi) is 5.65. The van der Waals surface area contributed by atoms with Gasteiger partial charge in [0.15, 0.2) is 5.78 Å². The molecule has 0 unspecified atom stereocenters. The molecule has 0 saturated carbocycles. The van der Waals surface area contributed by atoms with Crippen LogP contribution in [-0.2, 0) is 32.5 Å². The molecule has 10 heteroatoms. The second-order valence-corrected chi connectivity index (χ2v) is 10.8. The van der Waals surface area contributed by atoms with Gasteiger partial charge in [-0.1, -0.05) is 0 Å². The van der Waals surface area contributed by atoms with Crippen molar-refractivity contribution >= 4 is 45.0 Å². The lowest BCUT2D eigenvalue weighted by atomic mass is 9.91. The average molecular weight is 484 g/mol. The number of benzene rings is 1. The van der Waals surface area contributed by atoms with Gasteiger partial charge in [-0.2, -0.15) is 4.31 Å². The highest BCUT2D eigenvalue weighted by Crippen LogP contribution is 2.37. The van der Waals surface area contributed by atoms with Gasteiger partial charge in [-0.15, -0.1) is 0 Å². The molecule has 0 bridgehead atoms. The van der Waals surface area contributed by atoms with Crippen molar-refractivity contribution in [2.24, 2.45) is 0 Å². The molecular formula is C24H25N3O6S. The Morgan fingerprint density at radius 2 is 1.88 bits per heavy atom. The number of hydrogen-bond acceptors (Lipinski definition) is 5. The third-order valence-electron chi connectivity index (χ3n) is 6.68. The van der Waals surface area contributed by atoms with Crippen LogP contribution in [0.5, 0.6) is 0 Å². The van der Waals surface area contributed by atoms with E-state index >= 15 is 0 Å². The van der Waals surface area contributed by atoms with E-state index in [9.17, 15) is 27.9 Å². The van der Waals surface area contributed by atoms with Gasteiger partial charge in [-0.05, 0) is 61.9 Å². The number of carboxylic acid groups (broad SMARTS) is 1. The summed E-state index contributed by atoms with van der Waals surface area (Å²) in [5.41, 5.74) is 3.65. The standard InChI is InChI=1S/C24H25N3O6S/c28-21-5-3-4-19-23(21)15(7-9-22(29)30)20(25-19)13-17-16-12-14(6-8-18(16)26-24(17)31)34(32,33)27-10-1-2-11-27/h6,8,12-13,25H,1-5,7,9-11H2,(H,26,31)(H,29,30)/b17-13-. The Hall–Kier alpha value is -3.24. The van der Waals surface area contributed by atoms with Crippen LogP contribution in [0.3, 0.4) is 0 Å². The van der Waals surface area contributed by atoms with E-state index in [0.717, 1.165) is 18.5 Å². The summed E-state index contributed by atoms with van der Waals surface area (Å²) in [6.45, 7) is 0.961. The Balaban J connectivity index is 1.59. The summed E-state index contributed by atoms with van der Waals surface area (Å²) in [6, 6.07) is 4.60. The van der Waals surface area contributed by atoms with Gasteiger partial charge in [0.2, 0.25) is 10.0 Å². The first-order valence-corrected chi connectivity index (χ1v) is 12.9. The second kappa shape index (κ2) is 8.52. The Labute approximate surface area is 196 Å². The van der Waals surface area contributed by atoms with Crippen molar-refractivity contribution in [3.63, 3.8) is 0 Å². The lowest BCUT2D eigenvalue weighted by Gasteiger charge is -2.16. The molecule has 1 amide bonds. The van der Waals surface area contributed by atoms with E-state index in [0.29, 0.717) is 60.4 Å². The molecule has 1 aliphatic carbocycles. The van der Waals surface area contributed by atoms with Crippen molar-refractivity contribution in [2.75, 3.05) is 18.4 Å². The SMILES string of the molecule is O=C(O)CCc1c(/C=C2\C(=O)Nc3ccc(S(=O)(=O)N4CCCC4)cc32)[nH]c2c1C(=O)CCC2. The van der Waals surface area contributed by atoms with Gasteiger partial charge in [-0.3, -0.25) is 14.4 Å². The lowest BCUT2D eigenvalue weighted by Crippen LogP contribution is -2.27. The fraction of sp³-hybridized carbons (Fsp3) is 0.375. The van der Waals surface area contributed by atoms with E-state index in [2.05, 4.69) is 10.3 Å². The molecule has 1 saturated heterocycles. The van der Waals surface area contributed by atoms with E-state index in [1.165, 1.54) is 16.4 Å². The third-order valence-corrected chi connectivity index (χ3v) is 8.57.